The van der Waals surface area contributed by atoms with Gasteiger partial charge in [-0.05, 0) is 25.4 Å². The first-order valence-electron chi connectivity index (χ1n) is 5.41. The zero-order valence-corrected chi connectivity index (χ0v) is 10.3. The highest BCUT2D eigenvalue weighted by molar-refractivity contribution is 7.98. The Hall–Kier alpha value is -0.0200. The van der Waals surface area contributed by atoms with Gasteiger partial charge < -0.3 is 0 Å². The lowest BCUT2D eigenvalue weighted by Crippen LogP contribution is -2.44. The maximum atomic E-state index is 11.3. The molecular formula is C11H21NOS. The van der Waals surface area contributed by atoms with Crippen LogP contribution in [0.2, 0.25) is 0 Å². The van der Waals surface area contributed by atoms with Gasteiger partial charge in [-0.3, -0.25) is 9.69 Å². The predicted molar refractivity (Wildman–Crippen MR) is 62.8 cm³/mol. The molecule has 82 valence electrons. The molecule has 1 aliphatic heterocycles. The number of carbonyl (C=O) groups excluding carboxylic acids is 1. The number of thioether (sulfide) groups is 1. The van der Waals surface area contributed by atoms with Gasteiger partial charge >= 0.3 is 0 Å². The van der Waals surface area contributed by atoms with E-state index in [9.17, 15) is 4.79 Å². The Morgan fingerprint density at radius 1 is 1.64 bits per heavy atom. The van der Waals surface area contributed by atoms with Gasteiger partial charge in [-0.15, -0.1) is 0 Å². The Morgan fingerprint density at radius 3 is 2.93 bits per heavy atom. The molecule has 1 fully saturated rings. The van der Waals surface area contributed by atoms with E-state index in [0.717, 1.165) is 19.5 Å². The van der Waals surface area contributed by atoms with Gasteiger partial charge in [0.15, 0.2) is 0 Å². The van der Waals surface area contributed by atoms with Crippen LogP contribution < -0.4 is 0 Å². The van der Waals surface area contributed by atoms with Crippen LogP contribution in [-0.2, 0) is 4.79 Å². The highest BCUT2D eigenvalue weighted by Crippen LogP contribution is 2.17. The SMILES string of the molecule is CSCCC(C)N1CCC(=O)C(C)C1. The number of likely N-dealkylation sites (tertiary alicyclic amines) is 1. The lowest BCUT2D eigenvalue weighted by molar-refractivity contribution is -0.126. The molecule has 0 N–H and O–H groups in total. The summed E-state index contributed by atoms with van der Waals surface area (Å²) in [7, 11) is 0. The molecular weight excluding hydrogens is 194 g/mol. The predicted octanol–water partition coefficient (Wildman–Crippen LogP) is 2.04. The normalized spacial score (nSPS) is 26.5. The Balaban J connectivity index is 2.34. The zero-order chi connectivity index (χ0) is 10.6. The largest absolute Gasteiger partial charge is 0.299 e. The van der Waals surface area contributed by atoms with Crippen LogP contribution >= 0.6 is 11.8 Å². The second-order valence-electron chi connectivity index (χ2n) is 4.24. The van der Waals surface area contributed by atoms with Gasteiger partial charge in [0, 0.05) is 31.5 Å². The Bertz CT molecular complexity index is 196. The monoisotopic (exact) mass is 215 g/mol. The van der Waals surface area contributed by atoms with Crippen molar-refractivity contribution in [1.82, 2.24) is 4.90 Å². The van der Waals surface area contributed by atoms with E-state index in [2.05, 4.69) is 25.0 Å². The average Bonchev–Trinajstić information content (AvgIpc) is 2.18. The minimum Gasteiger partial charge on any atom is -0.299 e. The molecule has 0 radical (unpaired) electrons. The van der Waals surface area contributed by atoms with Crippen LogP contribution in [0.3, 0.4) is 0 Å². The van der Waals surface area contributed by atoms with Gasteiger partial charge in [-0.1, -0.05) is 6.92 Å². The molecule has 0 amide bonds. The first-order chi connectivity index (χ1) is 6.65. The molecule has 1 saturated heterocycles. The van der Waals surface area contributed by atoms with Crippen molar-refractivity contribution in [2.24, 2.45) is 5.92 Å². The Kier molecular flexibility index (Phi) is 4.96. The summed E-state index contributed by atoms with van der Waals surface area (Å²) in [6, 6.07) is 0.637. The summed E-state index contributed by atoms with van der Waals surface area (Å²) in [4.78, 5) is 13.8. The summed E-state index contributed by atoms with van der Waals surface area (Å²) in [5.74, 6) is 1.92. The van der Waals surface area contributed by atoms with Gasteiger partial charge in [-0.2, -0.15) is 11.8 Å². The molecule has 14 heavy (non-hydrogen) atoms. The van der Waals surface area contributed by atoms with Crippen LogP contribution in [-0.4, -0.2) is 41.8 Å². The van der Waals surface area contributed by atoms with Gasteiger partial charge in [0.1, 0.15) is 5.78 Å². The quantitative estimate of drug-likeness (QED) is 0.716. The lowest BCUT2D eigenvalue weighted by Gasteiger charge is -2.34. The average molecular weight is 215 g/mol. The number of rotatable bonds is 4. The molecule has 2 unspecified atom stereocenters. The molecule has 1 rings (SSSR count). The van der Waals surface area contributed by atoms with E-state index in [1.165, 1.54) is 12.2 Å². The van der Waals surface area contributed by atoms with Crippen molar-refractivity contribution in [2.45, 2.75) is 32.7 Å². The number of carbonyl (C=O) groups is 1. The second-order valence-corrected chi connectivity index (χ2v) is 5.23. The van der Waals surface area contributed by atoms with Crippen LogP contribution in [0, 0.1) is 5.92 Å². The van der Waals surface area contributed by atoms with Crippen LogP contribution in [0.1, 0.15) is 26.7 Å². The van der Waals surface area contributed by atoms with E-state index < -0.39 is 0 Å². The van der Waals surface area contributed by atoms with Gasteiger partial charge in [0.25, 0.3) is 0 Å². The van der Waals surface area contributed by atoms with Crippen molar-refractivity contribution in [3.63, 3.8) is 0 Å². The van der Waals surface area contributed by atoms with Crippen LogP contribution in [0.15, 0.2) is 0 Å². The highest BCUT2D eigenvalue weighted by atomic mass is 32.2. The van der Waals surface area contributed by atoms with E-state index in [-0.39, 0.29) is 5.92 Å². The van der Waals surface area contributed by atoms with Crippen LogP contribution in [0.4, 0.5) is 0 Å². The summed E-state index contributed by atoms with van der Waals surface area (Å²) in [5.41, 5.74) is 0. The highest BCUT2D eigenvalue weighted by Gasteiger charge is 2.25. The van der Waals surface area contributed by atoms with Crippen LogP contribution in [0.5, 0.6) is 0 Å². The maximum absolute atomic E-state index is 11.3. The molecule has 0 aromatic rings. The molecule has 0 saturated carbocycles. The first-order valence-corrected chi connectivity index (χ1v) is 6.80. The third-order valence-electron chi connectivity index (χ3n) is 3.07. The van der Waals surface area contributed by atoms with Crippen molar-refractivity contribution < 1.29 is 4.79 Å². The zero-order valence-electron chi connectivity index (χ0n) is 9.45. The first kappa shape index (κ1) is 12.1. The Morgan fingerprint density at radius 2 is 2.36 bits per heavy atom. The number of hydrogen-bond acceptors (Lipinski definition) is 3. The molecule has 0 bridgehead atoms. The fourth-order valence-corrected chi connectivity index (χ4v) is 2.49. The molecule has 0 aromatic carbocycles. The third-order valence-corrected chi connectivity index (χ3v) is 3.71. The summed E-state index contributed by atoms with van der Waals surface area (Å²) >= 11 is 1.90. The molecule has 3 heteroatoms. The van der Waals surface area contributed by atoms with Crippen molar-refractivity contribution in [2.75, 3.05) is 25.1 Å². The van der Waals surface area contributed by atoms with Crippen LogP contribution in [0.25, 0.3) is 0 Å². The molecule has 2 atom stereocenters. The number of nitrogens with zero attached hydrogens (tertiary/aromatic N) is 1. The van der Waals surface area contributed by atoms with Crippen molar-refractivity contribution >= 4 is 17.5 Å². The topological polar surface area (TPSA) is 20.3 Å². The fourth-order valence-electron chi connectivity index (χ4n) is 1.92. The van der Waals surface area contributed by atoms with Gasteiger partial charge in [0.05, 0.1) is 0 Å². The minimum atomic E-state index is 0.250. The summed E-state index contributed by atoms with van der Waals surface area (Å²) in [6.45, 7) is 6.27. The number of hydrogen-bond donors (Lipinski definition) is 0. The van der Waals surface area contributed by atoms with Gasteiger partial charge in [0.2, 0.25) is 0 Å². The number of ketones is 1. The second kappa shape index (κ2) is 5.76. The van der Waals surface area contributed by atoms with E-state index >= 15 is 0 Å². The van der Waals surface area contributed by atoms with E-state index in [1.807, 2.05) is 11.8 Å². The molecule has 0 aliphatic carbocycles. The van der Waals surface area contributed by atoms with E-state index in [0.29, 0.717) is 11.8 Å². The fraction of sp³-hybridized carbons (Fsp3) is 0.909. The van der Waals surface area contributed by atoms with E-state index in [4.69, 9.17) is 0 Å². The maximum Gasteiger partial charge on any atom is 0.138 e. The molecule has 0 spiro atoms. The lowest BCUT2D eigenvalue weighted by atomic mass is 9.97. The number of piperidine rings is 1. The smallest absolute Gasteiger partial charge is 0.138 e. The summed E-state index contributed by atoms with van der Waals surface area (Å²) in [5, 5.41) is 0. The molecule has 2 nitrogen and oxygen atoms in total. The molecule has 1 aliphatic rings. The van der Waals surface area contributed by atoms with Crippen molar-refractivity contribution in [3.05, 3.63) is 0 Å². The van der Waals surface area contributed by atoms with Crippen molar-refractivity contribution in [1.29, 1.82) is 0 Å². The van der Waals surface area contributed by atoms with Crippen molar-refractivity contribution in [3.8, 4) is 0 Å². The minimum absolute atomic E-state index is 0.250. The number of Topliss-reactive ketones (excluding diaryl/α,β-unsaturated/α-hetero) is 1. The Labute approximate surface area is 91.4 Å². The third kappa shape index (κ3) is 3.28. The summed E-state index contributed by atoms with van der Waals surface area (Å²) < 4.78 is 0. The van der Waals surface area contributed by atoms with E-state index in [1.54, 1.807) is 0 Å². The standard InChI is InChI=1S/C11H21NOS/c1-9-8-12(6-4-11(9)13)10(2)5-7-14-3/h9-10H,4-8H2,1-3H3. The molecule has 0 aromatic heterocycles. The molecule has 1 heterocycles. The van der Waals surface area contributed by atoms with Gasteiger partial charge in [-0.25, -0.2) is 0 Å². The summed E-state index contributed by atoms with van der Waals surface area (Å²) in [6.07, 6.45) is 4.14.